The van der Waals surface area contributed by atoms with Crippen molar-refractivity contribution in [1.29, 1.82) is 0 Å². The fourth-order valence-electron chi connectivity index (χ4n) is 3.22. The Balaban J connectivity index is 2.12. The van der Waals surface area contributed by atoms with Crippen LogP contribution in [-0.4, -0.2) is 26.5 Å². The Kier molecular flexibility index (Phi) is 5.06. The summed E-state index contributed by atoms with van der Waals surface area (Å²) in [6.45, 7) is 4.61. The van der Waals surface area contributed by atoms with Crippen LogP contribution in [0.25, 0.3) is 16.7 Å². The van der Waals surface area contributed by atoms with E-state index < -0.39 is 17.5 Å². The number of aliphatic carboxylic acids is 1. The summed E-state index contributed by atoms with van der Waals surface area (Å²) in [4.78, 5) is 22.2. The van der Waals surface area contributed by atoms with Crippen molar-refractivity contribution in [3.05, 3.63) is 75.9 Å². The third-order valence-electron chi connectivity index (χ3n) is 4.23. The van der Waals surface area contributed by atoms with E-state index in [2.05, 4.69) is 18.2 Å². The molecule has 0 aliphatic rings. The molecule has 6 heteroatoms. The standard InChI is InChI=1S/C21H18ClNO4/c1-12-5-13(2)7-14(6-12)10-23-11-17(19(24)9-20(25)21(26)27)16-8-15(22)3-4-18(16)23/h3-9,11,24H,10H2,1-2H3,(H,26,27)/b19-9-. The highest BCUT2D eigenvalue weighted by Gasteiger charge is 2.16. The van der Waals surface area contributed by atoms with Gasteiger partial charge < -0.3 is 14.8 Å². The Morgan fingerprint density at radius 2 is 1.74 bits per heavy atom. The molecule has 0 fully saturated rings. The van der Waals surface area contributed by atoms with Gasteiger partial charge in [-0.1, -0.05) is 40.9 Å². The van der Waals surface area contributed by atoms with Crippen LogP contribution < -0.4 is 0 Å². The number of halogens is 1. The first-order chi connectivity index (χ1) is 12.7. The van der Waals surface area contributed by atoms with E-state index in [9.17, 15) is 14.7 Å². The zero-order valence-corrected chi connectivity index (χ0v) is 15.6. The van der Waals surface area contributed by atoms with Gasteiger partial charge in [0.05, 0.1) is 0 Å². The molecule has 2 aromatic carbocycles. The number of nitrogens with zero attached hydrogens (tertiary/aromatic N) is 1. The van der Waals surface area contributed by atoms with Crippen molar-refractivity contribution in [3.8, 4) is 0 Å². The highest BCUT2D eigenvalue weighted by Crippen LogP contribution is 2.29. The quantitative estimate of drug-likeness (QED) is 0.386. The van der Waals surface area contributed by atoms with Gasteiger partial charge in [-0.15, -0.1) is 0 Å². The number of ketones is 1. The van der Waals surface area contributed by atoms with E-state index in [1.807, 2.05) is 24.5 Å². The molecule has 1 aromatic heterocycles. The molecule has 2 N–H and O–H groups in total. The van der Waals surface area contributed by atoms with Crippen molar-refractivity contribution in [1.82, 2.24) is 4.57 Å². The normalized spacial score (nSPS) is 11.7. The summed E-state index contributed by atoms with van der Waals surface area (Å²) in [5.74, 6) is -3.22. The number of aliphatic hydroxyl groups excluding tert-OH is 1. The number of hydrogen-bond donors (Lipinski definition) is 2. The maximum Gasteiger partial charge on any atom is 0.376 e. The Hall–Kier alpha value is -3.05. The smallest absolute Gasteiger partial charge is 0.376 e. The van der Waals surface area contributed by atoms with Crippen LogP contribution in [0.3, 0.4) is 0 Å². The van der Waals surface area contributed by atoms with E-state index in [0.29, 0.717) is 28.6 Å². The Bertz CT molecular complexity index is 1070. The minimum Gasteiger partial charge on any atom is -0.507 e. The van der Waals surface area contributed by atoms with Crippen LogP contribution in [0.1, 0.15) is 22.3 Å². The summed E-state index contributed by atoms with van der Waals surface area (Å²) in [5, 5.41) is 20.2. The first-order valence-electron chi connectivity index (χ1n) is 8.28. The van der Waals surface area contributed by atoms with Gasteiger partial charge in [0.25, 0.3) is 5.78 Å². The molecule has 0 aliphatic heterocycles. The maximum absolute atomic E-state index is 11.4. The third-order valence-corrected chi connectivity index (χ3v) is 4.47. The van der Waals surface area contributed by atoms with Gasteiger partial charge in [0.15, 0.2) is 0 Å². The second-order valence-electron chi connectivity index (χ2n) is 6.53. The van der Waals surface area contributed by atoms with Crippen LogP contribution in [0, 0.1) is 13.8 Å². The Morgan fingerprint density at radius 3 is 2.37 bits per heavy atom. The first kappa shape index (κ1) is 18.7. The molecule has 3 rings (SSSR count). The van der Waals surface area contributed by atoms with Crippen molar-refractivity contribution in [3.63, 3.8) is 0 Å². The Labute approximate surface area is 161 Å². The molecule has 1 heterocycles. The molecule has 0 bridgehead atoms. The Morgan fingerprint density at radius 1 is 1.07 bits per heavy atom. The van der Waals surface area contributed by atoms with Crippen LogP contribution in [-0.2, 0) is 16.1 Å². The molecule has 0 aliphatic carbocycles. The number of benzene rings is 2. The third kappa shape index (κ3) is 4.04. The van der Waals surface area contributed by atoms with Gasteiger partial charge in [0.1, 0.15) is 5.76 Å². The lowest BCUT2D eigenvalue weighted by atomic mass is 10.1. The molecule has 0 saturated carbocycles. The van der Waals surface area contributed by atoms with E-state index in [1.54, 1.807) is 18.3 Å². The second-order valence-corrected chi connectivity index (χ2v) is 6.96. The van der Waals surface area contributed by atoms with Gasteiger partial charge in [-0.3, -0.25) is 4.79 Å². The lowest BCUT2D eigenvalue weighted by molar-refractivity contribution is -0.146. The zero-order valence-electron chi connectivity index (χ0n) is 14.9. The lowest BCUT2D eigenvalue weighted by Gasteiger charge is -2.08. The van der Waals surface area contributed by atoms with Crippen LogP contribution in [0.2, 0.25) is 5.02 Å². The average molecular weight is 384 g/mol. The van der Waals surface area contributed by atoms with Crippen LogP contribution in [0.15, 0.2) is 48.7 Å². The highest BCUT2D eigenvalue weighted by atomic mass is 35.5. The second kappa shape index (κ2) is 7.29. The van der Waals surface area contributed by atoms with Crippen molar-refractivity contribution < 1.29 is 19.8 Å². The van der Waals surface area contributed by atoms with E-state index in [4.69, 9.17) is 16.7 Å². The molecule has 0 amide bonds. The number of hydrogen-bond acceptors (Lipinski definition) is 3. The predicted octanol–water partition coefficient (Wildman–Crippen LogP) is 4.51. The van der Waals surface area contributed by atoms with Gasteiger partial charge in [-0.2, -0.15) is 0 Å². The SMILES string of the molecule is Cc1cc(C)cc(Cn2cc(/C(O)=C/C(=O)C(=O)O)c3cc(Cl)ccc32)c1. The van der Waals surface area contributed by atoms with E-state index in [0.717, 1.165) is 22.2 Å². The number of fused-ring (bicyclic) bond motifs is 1. The molecular weight excluding hydrogens is 366 g/mol. The van der Waals surface area contributed by atoms with Gasteiger partial charge >= 0.3 is 5.97 Å². The predicted molar refractivity (Wildman–Crippen MR) is 105 cm³/mol. The summed E-state index contributed by atoms with van der Waals surface area (Å²) < 4.78 is 1.94. The number of carbonyl (C=O) groups excluding carboxylic acids is 1. The molecule has 138 valence electrons. The van der Waals surface area contributed by atoms with Crippen LogP contribution >= 0.6 is 11.6 Å². The summed E-state index contributed by atoms with van der Waals surface area (Å²) in [6.07, 6.45) is 2.40. The van der Waals surface area contributed by atoms with Gasteiger partial charge in [0, 0.05) is 40.3 Å². The summed E-state index contributed by atoms with van der Waals surface area (Å²) in [7, 11) is 0. The molecule has 0 saturated heterocycles. The van der Waals surface area contributed by atoms with Crippen molar-refractivity contribution in [2.75, 3.05) is 0 Å². The highest BCUT2D eigenvalue weighted by molar-refractivity contribution is 6.38. The van der Waals surface area contributed by atoms with E-state index in [-0.39, 0.29) is 0 Å². The molecule has 0 atom stereocenters. The fraction of sp³-hybridized carbons (Fsp3) is 0.143. The molecule has 0 spiro atoms. The first-order valence-corrected chi connectivity index (χ1v) is 8.66. The number of carbonyl (C=O) groups is 2. The summed E-state index contributed by atoms with van der Waals surface area (Å²) in [6, 6.07) is 11.5. The average Bonchev–Trinajstić information content (AvgIpc) is 2.91. The molecule has 27 heavy (non-hydrogen) atoms. The number of carboxylic acids is 1. The van der Waals surface area contributed by atoms with Crippen molar-refractivity contribution in [2.45, 2.75) is 20.4 Å². The largest absolute Gasteiger partial charge is 0.507 e. The molecular formula is C21H18ClNO4. The minimum absolute atomic E-state index is 0.353. The maximum atomic E-state index is 11.4. The van der Waals surface area contributed by atoms with Crippen LogP contribution in [0.4, 0.5) is 0 Å². The van der Waals surface area contributed by atoms with Crippen molar-refractivity contribution in [2.24, 2.45) is 0 Å². The number of aryl methyl sites for hydroxylation is 2. The zero-order chi connectivity index (χ0) is 19.7. The molecule has 5 nitrogen and oxygen atoms in total. The molecule has 0 unspecified atom stereocenters. The molecule has 3 aromatic rings. The van der Waals surface area contributed by atoms with E-state index >= 15 is 0 Å². The summed E-state index contributed by atoms with van der Waals surface area (Å²) in [5.41, 5.74) is 4.57. The number of carboxylic acid groups (broad SMARTS) is 1. The number of rotatable bonds is 5. The molecule has 0 radical (unpaired) electrons. The number of aromatic nitrogens is 1. The monoisotopic (exact) mass is 383 g/mol. The van der Waals surface area contributed by atoms with Gasteiger partial charge in [0.2, 0.25) is 0 Å². The van der Waals surface area contributed by atoms with Gasteiger partial charge in [-0.25, -0.2) is 4.79 Å². The topological polar surface area (TPSA) is 79.5 Å². The fourth-order valence-corrected chi connectivity index (χ4v) is 3.40. The minimum atomic E-state index is -1.63. The van der Waals surface area contributed by atoms with Gasteiger partial charge in [-0.05, 0) is 37.6 Å². The summed E-state index contributed by atoms with van der Waals surface area (Å²) >= 11 is 6.09. The lowest BCUT2D eigenvalue weighted by Crippen LogP contribution is -2.09. The van der Waals surface area contributed by atoms with E-state index in [1.165, 1.54) is 0 Å². The van der Waals surface area contributed by atoms with Crippen LogP contribution in [0.5, 0.6) is 0 Å². The van der Waals surface area contributed by atoms with Crippen molar-refractivity contribution >= 4 is 40.0 Å². The number of aliphatic hydroxyl groups is 1.